The molecule has 0 aliphatic carbocycles. The topological polar surface area (TPSA) is 61.8 Å². The van der Waals surface area contributed by atoms with Gasteiger partial charge in [-0.2, -0.15) is 0 Å². The Morgan fingerprint density at radius 1 is 1.67 bits per heavy atom. The average molecular weight is 214 g/mol. The zero-order chi connectivity index (χ0) is 11.3. The number of carbonyl (C=O) groups is 2. The molecule has 1 heterocycles. The van der Waals surface area contributed by atoms with E-state index in [1.807, 2.05) is 0 Å². The van der Waals surface area contributed by atoms with Crippen molar-refractivity contribution >= 4 is 12.3 Å². The van der Waals surface area contributed by atoms with E-state index in [0.29, 0.717) is 24.9 Å². The maximum absolute atomic E-state index is 11.1. The molecule has 15 heavy (non-hydrogen) atoms. The number of rotatable bonds is 4. The van der Waals surface area contributed by atoms with Gasteiger partial charge in [-0.15, -0.1) is 0 Å². The molecule has 5 nitrogen and oxygen atoms in total. The van der Waals surface area contributed by atoms with Crippen LogP contribution in [0.3, 0.4) is 0 Å². The van der Waals surface area contributed by atoms with Gasteiger partial charge in [0.25, 0.3) is 0 Å². The molecule has 1 fully saturated rings. The summed E-state index contributed by atoms with van der Waals surface area (Å²) in [6, 6.07) is 0. The summed E-state index contributed by atoms with van der Waals surface area (Å²) in [6.07, 6.45) is 0.0603. The summed E-state index contributed by atoms with van der Waals surface area (Å²) < 4.78 is 15.0. The van der Waals surface area contributed by atoms with Gasteiger partial charge >= 0.3 is 5.97 Å². The number of carbonyl (C=O) groups excluding carboxylic acids is 2. The fourth-order valence-electron chi connectivity index (χ4n) is 1.10. The SMILES string of the molecule is C=C(C)C(=O)OCC1CCOC(C=O)O1. The minimum absolute atomic E-state index is 0.124. The molecule has 0 spiro atoms. The van der Waals surface area contributed by atoms with Crippen LogP contribution in [0.1, 0.15) is 13.3 Å². The lowest BCUT2D eigenvalue weighted by atomic mass is 10.2. The second-order valence-corrected chi connectivity index (χ2v) is 3.30. The highest BCUT2D eigenvalue weighted by atomic mass is 16.7. The predicted molar refractivity (Wildman–Crippen MR) is 51.1 cm³/mol. The molecule has 0 amide bonds. The van der Waals surface area contributed by atoms with Crippen molar-refractivity contribution in [3.8, 4) is 0 Å². The normalized spacial score (nSPS) is 25.7. The summed E-state index contributed by atoms with van der Waals surface area (Å²) >= 11 is 0. The van der Waals surface area contributed by atoms with E-state index in [-0.39, 0.29) is 12.7 Å². The Balaban J connectivity index is 2.29. The highest BCUT2D eigenvalue weighted by Crippen LogP contribution is 2.11. The Morgan fingerprint density at radius 3 is 3.00 bits per heavy atom. The largest absolute Gasteiger partial charge is 0.460 e. The predicted octanol–water partition coefficient (Wildman–Crippen LogP) is 0.436. The highest BCUT2D eigenvalue weighted by Gasteiger charge is 2.23. The molecule has 2 unspecified atom stereocenters. The van der Waals surface area contributed by atoms with Crippen LogP contribution in [0.25, 0.3) is 0 Å². The van der Waals surface area contributed by atoms with E-state index in [0.717, 1.165) is 0 Å². The maximum atomic E-state index is 11.1. The highest BCUT2D eigenvalue weighted by molar-refractivity contribution is 5.86. The first-order chi connectivity index (χ1) is 7.13. The molecule has 0 N–H and O–H groups in total. The molecule has 1 rings (SSSR count). The van der Waals surface area contributed by atoms with Gasteiger partial charge in [-0.25, -0.2) is 4.79 Å². The Labute approximate surface area is 88.0 Å². The lowest BCUT2D eigenvalue weighted by Crippen LogP contribution is -2.36. The van der Waals surface area contributed by atoms with Crippen molar-refractivity contribution in [2.45, 2.75) is 25.7 Å². The van der Waals surface area contributed by atoms with Crippen LogP contribution in [-0.4, -0.2) is 37.9 Å². The van der Waals surface area contributed by atoms with E-state index in [4.69, 9.17) is 14.2 Å². The van der Waals surface area contributed by atoms with Crippen molar-refractivity contribution in [3.63, 3.8) is 0 Å². The standard InChI is InChI=1S/C10H14O5/c1-7(2)10(12)14-6-8-3-4-13-9(5-11)15-8/h5,8-9H,1,3-4,6H2,2H3. The van der Waals surface area contributed by atoms with Crippen molar-refractivity contribution < 1.29 is 23.8 Å². The van der Waals surface area contributed by atoms with E-state index in [1.165, 1.54) is 0 Å². The molecule has 5 heteroatoms. The second-order valence-electron chi connectivity index (χ2n) is 3.30. The molecule has 1 aliphatic heterocycles. The third-order valence-corrected chi connectivity index (χ3v) is 1.91. The molecule has 0 aromatic carbocycles. The van der Waals surface area contributed by atoms with E-state index in [2.05, 4.69) is 6.58 Å². The molecule has 0 aromatic rings. The number of hydrogen-bond donors (Lipinski definition) is 0. The van der Waals surface area contributed by atoms with E-state index in [9.17, 15) is 9.59 Å². The van der Waals surface area contributed by atoms with E-state index < -0.39 is 12.3 Å². The zero-order valence-electron chi connectivity index (χ0n) is 8.60. The third-order valence-electron chi connectivity index (χ3n) is 1.91. The van der Waals surface area contributed by atoms with Crippen LogP contribution in [0.15, 0.2) is 12.2 Å². The van der Waals surface area contributed by atoms with Gasteiger partial charge < -0.3 is 14.2 Å². The summed E-state index contributed by atoms with van der Waals surface area (Å²) in [4.78, 5) is 21.4. The summed E-state index contributed by atoms with van der Waals surface area (Å²) in [5.74, 6) is -0.451. The summed E-state index contributed by atoms with van der Waals surface area (Å²) in [7, 11) is 0. The molecule has 0 saturated carbocycles. The molecule has 0 radical (unpaired) electrons. The minimum Gasteiger partial charge on any atom is -0.460 e. The molecular formula is C10H14O5. The van der Waals surface area contributed by atoms with Crippen molar-refractivity contribution in [1.29, 1.82) is 0 Å². The maximum Gasteiger partial charge on any atom is 0.333 e. The van der Waals surface area contributed by atoms with E-state index >= 15 is 0 Å². The van der Waals surface area contributed by atoms with Gasteiger partial charge in [0.15, 0.2) is 6.29 Å². The average Bonchev–Trinajstić information content (AvgIpc) is 2.26. The first-order valence-electron chi connectivity index (χ1n) is 4.68. The monoisotopic (exact) mass is 214 g/mol. The summed E-state index contributed by atoms with van der Waals surface area (Å²) in [6.45, 7) is 5.58. The van der Waals surface area contributed by atoms with Crippen molar-refractivity contribution in [1.82, 2.24) is 0 Å². The van der Waals surface area contributed by atoms with Crippen LogP contribution >= 0.6 is 0 Å². The van der Waals surface area contributed by atoms with Crippen LogP contribution in [0.4, 0.5) is 0 Å². The number of ether oxygens (including phenoxy) is 3. The van der Waals surface area contributed by atoms with Gasteiger partial charge in [-0.1, -0.05) is 6.58 Å². The molecule has 84 valence electrons. The first-order valence-corrected chi connectivity index (χ1v) is 4.68. The Hall–Kier alpha value is -1.20. The van der Waals surface area contributed by atoms with Crippen molar-refractivity contribution in [2.24, 2.45) is 0 Å². The molecule has 1 aliphatic rings. The molecule has 1 saturated heterocycles. The van der Waals surface area contributed by atoms with Crippen LogP contribution in [0.2, 0.25) is 0 Å². The summed E-state index contributed by atoms with van der Waals surface area (Å²) in [5, 5.41) is 0. The molecule has 0 aromatic heterocycles. The number of esters is 1. The second kappa shape index (κ2) is 5.63. The zero-order valence-corrected chi connectivity index (χ0v) is 8.60. The fraction of sp³-hybridized carbons (Fsp3) is 0.600. The fourth-order valence-corrected chi connectivity index (χ4v) is 1.10. The van der Waals surface area contributed by atoms with Gasteiger partial charge in [-0.05, 0) is 6.92 Å². The van der Waals surface area contributed by atoms with Gasteiger partial charge in [0.1, 0.15) is 6.61 Å². The van der Waals surface area contributed by atoms with Crippen LogP contribution in [0, 0.1) is 0 Å². The van der Waals surface area contributed by atoms with Crippen molar-refractivity contribution in [3.05, 3.63) is 12.2 Å². The Morgan fingerprint density at radius 2 is 2.40 bits per heavy atom. The van der Waals surface area contributed by atoms with Crippen LogP contribution in [-0.2, 0) is 23.8 Å². The Kier molecular flexibility index (Phi) is 4.45. The van der Waals surface area contributed by atoms with Gasteiger partial charge in [0.2, 0.25) is 6.29 Å². The molecular weight excluding hydrogens is 200 g/mol. The first kappa shape index (κ1) is 11.9. The number of hydrogen-bond acceptors (Lipinski definition) is 5. The smallest absolute Gasteiger partial charge is 0.333 e. The van der Waals surface area contributed by atoms with Crippen LogP contribution < -0.4 is 0 Å². The lowest BCUT2D eigenvalue weighted by molar-refractivity contribution is -0.211. The Bertz CT molecular complexity index is 261. The van der Waals surface area contributed by atoms with Crippen molar-refractivity contribution in [2.75, 3.05) is 13.2 Å². The van der Waals surface area contributed by atoms with E-state index in [1.54, 1.807) is 6.92 Å². The van der Waals surface area contributed by atoms with Gasteiger partial charge in [0, 0.05) is 12.0 Å². The van der Waals surface area contributed by atoms with Gasteiger partial charge in [0.05, 0.1) is 12.7 Å². The lowest BCUT2D eigenvalue weighted by Gasteiger charge is -2.26. The molecule has 0 bridgehead atoms. The third kappa shape index (κ3) is 3.81. The van der Waals surface area contributed by atoms with Crippen LogP contribution in [0.5, 0.6) is 0 Å². The molecule has 2 atom stereocenters. The van der Waals surface area contributed by atoms with Gasteiger partial charge in [-0.3, -0.25) is 4.79 Å². The quantitative estimate of drug-likeness (QED) is 0.386. The number of aldehydes is 1. The minimum atomic E-state index is -0.840. The summed E-state index contributed by atoms with van der Waals surface area (Å²) in [5.41, 5.74) is 0.342.